The van der Waals surface area contributed by atoms with Crippen LogP contribution in [0.4, 0.5) is 0 Å². The summed E-state index contributed by atoms with van der Waals surface area (Å²) in [7, 11) is 2.25. The van der Waals surface area contributed by atoms with Crippen LogP contribution in [0.2, 0.25) is 0 Å². The maximum Gasteiger partial charge on any atom is 0.00760 e. The zero-order chi connectivity index (χ0) is 12.6. The maximum atomic E-state index is 3.51. The van der Waals surface area contributed by atoms with Crippen LogP contribution in [0.5, 0.6) is 0 Å². The third-order valence-electron chi connectivity index (χ3n) is 3.34. The van der Waals surface area contributed by atoms with Crippen LogP contribution in [0.3, 0.4) is 0 Å². The van der Waals surface area contributed by atoms with E-state index in [9.17, 15) is 0 Å². The van der Waals surface area contributed by atoms with E-state index in [1.807, 2.05) is 0 Å². The van der Waals surface area contributed by atoms with E-state index in [1.165, 1.54) is 19.4 Å². The highest BCUT2D eigenvalue weighted by Gasteiger charge is 2.11. The van der Waals surface area contributed by atoms with Crippen LogP contribution in [-0.2, 0) is 0 Å². The first-order valence-corrected chi connectivity index (χ1v) is 6.88. The predicted molar refractivity (Wildman–Crippen MR) is 73.9 cm³/mol. The van der Waals surface area contributed by atoms with Crippen molar-refractivity contribution < 1.29 is 0 Å². The van der Waals surface area contributed by atoms with Gasteiger partial charge in [0.2, 0.25) is 0 Å². The first-order chi connectivity index (χ1) is 7.47. The highest BCUT2D eigenvalue weighted by molar-refractivity contribution is 4.67. The quantitative estimate of drug-likeness (QED) is 0.610. The Bertz CT molecular complexity index is 157. The molecule has 98 valence electrons. The summed E-state index contributed by atoms with van der Waals surface area (Å²) in [5, 5.41) is 3.51. The van der Waals surface area contributed by atoms with E-state index in [0.717, 1.165) is 24.9 Å². The minimum absolute atomic E-state index is 0.689. The van der Waals surface area contributed by atoms with E-state index < -0.39 is 0 Å². The Morgan fingerprint density at radius 3 is 2.25 bits per heavy atom. The van der Waals surface area contributed by atoms with Crippen molar-refractivity contribution in [2.24, 2.45) is 11.8 Å². The Morgan fingerprint density at radius 1 is 1.12 bits per heavy atom. The molecule has 0 saturated heterocycles. The lowest BCUT2D eigenvalue weighted by Crippen LogP contribution is -2.35. The fourth-order valence-electron chi connectivity index (χ4n) is 1.72. The van der Waals surface area contributed by atoms with Gasteiger partial charge in [0.1, 0.15) is 0 Å². The summed E-state index contributed by atoms with van der Waals surface area (Å²) in [6, 6.07) is 0.689. The van der Waals surface area contributed by atoms with Gasteiger partial charge in [0, 0.05) is 12.6 Å². The molecule has 0 saturated carbocycles. The van der Waals surface area contributed by atoms with Gasteiger partial charge in [0.25, 0.3) is 0 Å². The Labute approximate surface area is 103 Å². The topological polar surface area (TPSA) is 15.3 Å². The van der Waals surface area contributed by atoms with Gasteiger partial charge in [-0.05, 0) is 45.3 Å². The minimum Gasteiger partial charge on any atom is -0.316 e. The molecule has 0 spiro atoms. The second-order valence-corrected chi connectivity index (χ2v) is 5.69. The molecule has 2 unspecified atom stereocenters. The van der Waals surface area contributed by atoms with Gasteiger partial charge in [-0.25, -0.2) is 0 Å². The van der Waals surface area contributed by atoms with Crippen molar-refractivity contribution in [1.82, 2.24) is 10.2 Å². The zero-order valence-corrected chi connectivity index (χ0v) is 12.2. The van der Waals surface area contributed by atoms with Gasteiger partial charge in [0.05, 0.1) is 0 Å². The maximum absolute atomic E-state index is 3.51. The molecule has 1 N–H and O–H groups in total. The van der Waals surface area contributed by atoms with Crippen LogP contribution in [0.1, 0.15) is 47.5 Å². The van der Waals surface area contributed by atoms with Crippen molar-refractivity contribution in [3.8, 4) is 0 Å². The second-order valence-electron chi connectivity index (χ2n) is 5.69. The van der Waals surface area contributed by atoms with E-state index in [-0.39, 0.29) is 0 Å². The van der Waals surface area contributed by atoms with E-state index >= 15 is 0 Å². The zero-order valence-electron chi connectivity index (χ0n) is 12.2. The van der Waals surface area contributed by atoms with Crippen molar-refractivity contribution in [3.63, 3.8) is 0 Å². The molecule has 0 aliphatic heterocycles. The largest absolute Gasteiger partial charge is 0.316 e. The van der Waals surface area contributed by atoms with Crippen molar-refractivity contribution in [3.05, 3.63) is 0 Å². The monoisotopic (exact) mass is 228 g/mol. The van der Waals surface area contributed by atoms with Crippen molar-refractivity contribution in [1.29, 1.82) is 0 Å². The molecule has 0 aromatic heterocycles. The minimum atomic E-state index is 0.689. The van der Waals surface area contributed by atoms with E-state index in [0.29, 0.717) is 6.04 Å². The average Bonchev–Trinajstić information content (AvgIpc) is 2.23. The molecular weight excluding hydrogens is 196 g/mol. The molecule has 2 heteroatoms. The lowest BCUT2D eigenvalue weighted by Gasteiger charge is -2.27. The Hall–Kier alpha value is -0.0800. The number of nitrogens with one attached hydrogen (secondary N) is 1. The van der Waals surface area contributed by atoms with Crippen LogP contribution < -0.4 is 5.32 Å². The Balaban J connectivity index is 3.58. The molecule has 2 atom stereocenters. The summed E-state index contributed by atoms with van der Waals surface area (Å²) < 4.78 is 0. The van der Waals surface area contributed by atoms with Crippen molar-refractivity contribution in [2.75, 3.05) is 26.7 Å². The van der Waals surface area contributed by atoms with Gasteiger partial charge >= 0.3 is 0 Å². The standard InChI is InChI=1S/C14H32N2/c1-7-13(4)11-16(6)14(5)8-9-15-10-12(2)3/h12-15H,7-11H2,1-6H3. The third-order valence-corrected chi connectivity index (χ3v) is 3.34. The predicted octanol–water partition coefficient (Wildman–Crippen LogP) is 2.99. The molecule has 2 nitrogen and oxygen atoms in total. The van der Waals surface area contributed by atoms with Crippen LogP contribution in [0.25, 0.3) is 0 Å². The van der Waals surface area contributed by atoms with Crippen LogP contribution >= 0.6 is 0 Å². The third kappa shape index (κ3) is 8.12. The molecule has 0 rings (SSSR count). The van der Waals surface area contributed by atoms with Crippen molar-refractivity contribution in [2.45, 2.75) is 53.5 Å². The molecule has 16 heavy (non-hydrogen) atoms. The van der Waals surface area contributed by atoms with Gasteiger partial charge in [-0.1, -0.05) is 34.1 Å². The van der Waals surface area contributed by atoms with Crippen LogP contribution in [-0.4, -0.2) is 37.6 Å². The number of hydrogen-bond donors (Lipinski definition) is 1. The van der Waals surface area contributed by atoms with Gasteiger partial charge in [-0.3, -0.25) is 0 Å². The molecule has 0 aromatic carbocycles. The number of hydrogen-bond acceptors (Lipinski definition) is 2. The first-order valence-electron chi connectivity index (χ1n) is 6.88. The Kier molecular flexibility index (Phi) is 8.96. The highest BCUT2D eigenvalue weighted by atomic mass is 15.1. The van der Waals surface area contributed by atoms with Gasteiger partial charge in [0.15, 0.2) is 0 Å². The molecular formula is C14H32N2. The molecule has 0 aliphatic carbocycles. The number of nitrogens with zero attached hydrogens (tertiary/aromatic N) is 1. The summed E-state index contributed by atoms with van der Waals surface area (Å²) in [6.07, 6.45) is 2.53. The normalized spacial score (nSPS) is 15.8. The van der Waals surface area contributed by atoms with Crippen LogP contribution in [0.15, 0.2) is 0 Å². The SMILES string of the molecule is CCC(C)CN(C)C(C)CCNCC(C)C. The molecule has 0 bridgehead atoms. The molecule has 0 aromatic rings. The van der Waals surface area contributed by atoms with E-state index in [4.69, 9.17) is 0 Å². The summed E-state index contributed by atoms with van der Waals surface area (Å²) in [5.41, 5.74) is 0. The fourth-order valence-corrected chi connectivity index (χ4v) is 1.72. The smallest absolute Gasteiger partial charge is 0.00760 e. The number of rotatable bonds is 9. The molecule has 0 aliphatic rings. The average molecular weight is 228 g/mol. The Morgan fingerprint density at radius 2 is 1.75 bits per heavy atom. The summed E-state index contributed by atoms with van der Waals surface area (Å²) in [4.78, 5) is 2.49. The van der Waals surface area contributed by atoms with E-state index in [1.54, 1.807) is 0 Å². The molecule has 0 radical (unpaired) electrons. The summed E-state index contributed by atoms with van der Waals surface area (Å²) in [6.45, 7) is 15.0. The van der Waals surface area contributed by atoms with Crippen LogP contribution in [0, 0.1) is 11.8 Å². The van der Waals surface area contributed by atoms with E-state index in [2.05, 4.69) is 51.9 Å². The van der Waals surface area contributed by atoms with Gasteiger partial charge < -0.3 is 10.2 Å². The summed E-state index contributed by atoms with van der Waals surface area (Å²) in [5.74, 6) is 1.57. The first kappa shape index (κ1) is 15.9. The van der Waals surface area contributed by atoms with Gasteiger partial charge in [-0.2, -0.15) is 0 Å². The molecule has 0 amide bonds. The fraction of sp³-hybridized carbons (Fsp3) is 1.00. The highest BCUT2D eigenvalue weighted by Crippen LogP contribution is 2.07. The molecule has 0 fully saturated rings. The lowest BCUT2D eigenvalue weighted by molar-refractivity contribution is 0.211. The molecule has 0 heterocycles. The van der Waals surface area contributed by atoms with Crippen molar-refractivity contribution >= 4 is 0 Å². The summed E-state index contributed by atoms with van der Waals surface area (Å²) >= 11 is 0. The second kappa shape index (κ2) is 9.00. The lowest BCUT2D eigenvalue weighted by atomic mass is 10.1. The van der Waals surface area contributed by atoms with Gasteiger partial charge in [-0.15, -0.1) is 0 Å².